The molecule has 0 rings (SSSR count). The van der Waals surface area contributed by atoms with Crippen LogP contribution in [0.5, 0.6) is 0 Å². The van der Waals surface area contributed by atoms with E-state index in [1.807, 2.05) is 38.2 Å². The standard InChI is InChI=1S/C8H13N/c1-3-5-6-7-8-9-4-2/h3,5-8H,4H2,1-2H3/b5-3-,7-6-,9-8+. The van der Waals surface area contributed by atoms with E-state index in [1.165, 1.54) is 0 Å². The maximum atomic E-state index is 4.00. The number of hydrogen-bond acceptors (Lipinski definition) is 1. The Morgan fingerprint density at radius 3 is 2.56 bits per heavy atom. The van der Waals surface area contributed by atoms with Crippen molar-refractivity contribution in [3.8, 4) is 0 Å². The van der Waals surface area contributed by atoms with E-state index in [2.05, 4.69) is 4.99 Å². The van der Waals surface area contributed by atoms with Crippen LogP contribution >= 0.6 is 0 Å². The lowest BCUT2D eigenvalue weighted by Gasteiger charge is -1.73. The van der Waals surface area contributed by atoms with Crippen LogP contribution < -0.4 is 0 Å². The third-order valence-corrected chi connectivity index (χ3v) is 0.789. The van der Waals surface area contributed by atoms with Gasteiger partial charge in [0.25, 0.3) is 0 Å². The second-order valence-electron chi connectivity index (χ2n) is 1.56. The molecule has 0 aliphatic rings. The Kier molecular flexibility index (Phi) is 6.47. The van der Waals surface area contributed by atoms with Crippen molar-refractivity contribution in [2.24, 2.45) is 4.99 Å². The Labute approximate surface area is 56.8 Å². The van der Waals surface area contributed by atoms with Crippen LogP contribution in [0.15, 0.2) is 29.3 Å². The molecule has 0 aromatic rings. The van der Waals surface area contributed by atoms with Crippen molar-refractivity contribution < 1.29 is 0 Å². The molecule has 0 saturated heterocycles. The summed E-state index contributed by atoms with van der Waals surface area (Å²) in [5.74, 6) is 0. The topological polar surface area (TPSA) is 12.4 Å². The molecule has 0 N–H and O–H groups in total. The Morgan fingerprint density at radius 2 is 2.00 bits per heavy atom. The molecule has 1 heteroatoms. The van der Waals surface area contributed by atoms with Gasteiger partial charge < -0.3 is 0 Å². The maximum absolute atomic E-state index is 4.00. The fraction of sp³-hybridized carbons (Fsp3) is 0.375. The van der Waals surface area contributed by atoms with Gasteiger partial charge in [0, 0.05) is 12.8 Å². The summed E-state index contributed by atoms with van der Waals surface area (Å²) in [6, 6.07) is 0. The lowest BCUT2D eigenvalue weighted by Crippen LogP contribution is -1.67. The summed E-state index contributed by atoms with van der Waals surface area (Å²) in [5, 5.41) is 0. The molecule has 1 nitrogen and oxygen atoms in total. The minimum Gasteiger partial charge on any atom is -0.293 e. The first-order valence-electron chi connectivity index (χ1n) is 3.19. The third-order valence-electron chi connectivity index (χ3n) is 0.789. The lowest BCUT2D eigenvalue weighted by molar-refractivity contribution is 1.14. The molecular weight excluding hydrogens is 110 g/mol. The van der Waals surface area contributed by atoms with E-state index in [-0.39, 0.29) is 0 Å². The summed E-state index contributed by atoms with van der Waals surface area (Å²) in [6.07, 6.45) is 9.64. The van der Waals surface area contributed by atoms with Gasteiger partial charge in [0.2, 0.25) is 0 Å². The molecule has 0 unspecified atom stereocenters. The van der Waals surface area contributed by atoms with Crippen LogP contribution in [0, 0.1) is 0 Å². The van der Waals surface area contributed by atoms with Gasteiger partial charge in [-0.2, -0.15) is 0 Å². The van der Waals surface area contributed by atoms with Crippen LogP contribution in [-0.2, 0) is 0 Å². The van der Waals surface area contributed by atoms with Crippen molar-refractivity contribution in [3.63, 3.8) is 0 Å². The first kappa shape index (κ1) is 8.15. The first-order valence-corrected chi connectivity index (χ1v) is 3.19. The quantitative estimate of drug-likeness (QED) is 0.403. The van der Waals surface area contributed by atoms with Gasteiger partial charge in [-0.25, -0.2) is 0 Å². The molecule has 0 amide bonds. The van der Waals surface area contributed by atoms with E-state index in [0.29, 0.717) is 0 Å². The zero-order chi connectivity index (χ0) is 6.95. The van der Waals surface area contributed by atoms with Crippen molar-refractivity contribution in [1.82, 2.24) is 0 Å². The SMILES string of the molecule is C\C=C/C=C\C=N\CC. The molecule has 0 heterocycles. The van der Waals surface area contributed by atoms with E-state index in [4.69, 9.17) is 0 Å². The van der Waals surface area contributed by atoms with Crippen LogP contribution in [0.1, 0.15) is 13.8 Å². The van der Waals surface area contributed by atoms with Crippen LogP contribution in [0.4, 0.5) is 0 Å². The summed E-state index contributed by atoms with van der Waals surface area (Å²) < 4.78 is 0. The average Bonchev–Trinajstić information content (AvgIpc) is 1.89. The highest BCUT2D eigenvalue weighted by Gasteiger charge is 1.60. The molecule has 0 saturated carbocycles. The van der Waals surface area contributed by atoms with Gasteiger partial charge >= 0.3 is 0 Å². The molecule has 0 aliphatic carbocycles. The van der Waals surface area contributed by atoms with E-state index in [0.717, 1.165) is 6.54 Å². The van der Waals surface area contributed by atoms with Crippen LogP contribution in [-0.4, -0.2) is 12.8 Å². The molecule has 0 aromatic carbocycles. The van der Waals surface area contributed by atoms with E-state index < -0.39 is 0 Å². The largest absolute Gasteiger partial charge is 0.293 e. The second-order valence-corrected chi connectivity index (χ2v) is 1.56. The first-order chi connectivity index (χ1) is 4.41. The van der Waals surface area contributed by atoms with Crippen LogP contribution in [0.2, 0.25) is 0 Å². The molecule has 0 spiro atoms. The number of rotatable bonds is 3. The molecule has 0 bridgehead atoms. The summed E-state index contributed by atoms with van der Waals surface area (Å²) in [5.41, 5.74) is 0. The van der Waals surface area contributed by atoms with E-state index in [9.17, 15) is 0 Å². The van der Waals surface area contributed by atoms with Crippen molar-refractivity contribution in [1.29, 1.82) is 0 Å². The highest BCUT2D eigenvalue weighted by molar-refractivity contribution is 5.71. The lowest BCUT2D eigenvalue weighted by atomic mass is 10.4. The van der Waals surface area contributed by atoms with Gasteiger partial charge in [-0.1, -0.05) is 18.2 Å². The predicted octanol–water partition coefficient (Wildman–Crippen LogP) is 2.21. The molecule has 9 heavy (non-hydrogen) atoms. The Hall–Kier alpha value is -0.850. The molecule has 0 atom stereocenters. The van der Waals surface area contributed by atoms with Crippen molar-refractivity contribution in [2.45, 2.75) is 13.8 Å². The molecule has 0 aliphatic heterocycles. The number of allylic oxidation sites excluding steroid dienone is 4. The van der Waals surface area contributed by atoms with Gasteiger partial charge in [-0.05, 0) is 19.9 Å². The van der Waals surface area contributed by atoms with Crippen LogP contribution in [0.3, 0.4) is 0 Å². The van der Waals surface area contributed by atoms with Crippen molar-refractivity contribution >= 4 is 6.21 Å². The minimum absolute atomic E-state index is 0.861. The molecule has 50 valence electrons. The fourth-order valence-electron chi connectivity index (χ4n) is 0.391. The molecule has 0 radical (unpaired) electrons. The van der Waals surface area contributed by atoms with Crippen molar-refractivity contribution in [2.75, 3.05) is 6.54 Å². The Balaban J connectivity index is 3.35. The smallest absolute Gasteiger partial charge is 0.0360 e. The highest BCUT2D eigenvalue weighted by atomic mass is 14.7. The molecular formula is C8H13N. The van der Waals surface area contributed by atoms with Gasteiger partial charge in [0.05, 0.1) is 0 Å². The predicted molar refractivity (Wildman–Crippen MR) is 43.0 cm³/mol. The van der Waals surface area contributed by atoms with Gasteiger partial charge in [0.1, 0.15) is 0 Å². The third kappa shape index (κ3) is 7.15. The minimum atomic E-state index is 0.861. The maximum Gasteiger partial charge on any atom is 0.0360 e. The average molecular weight is 123 g/mol. The summed E-state index contributed by atoms with van der Waals surface area (Å²) in [7, 11) is 0. The number of hydrogen-bond donors (Lipinski definition) is 0. The van der Waals surface area contributed by atoms with Crippen LogP contribution in [0.25, 0.3) is 0 Å². The molecule has 0 aromatic heterocycles. The summed E-state index contributed by atoms with van der Waals surface area (Å²) in [4.78, 5) is 4.00. The zero-order valence-corrected chi connectivity index (χ0v) is 6.04. The van der Waals surface area contributed by atoms with E-state index >= 15 is 0 Å². The van der Waals surface area contributed by atoms with Crippen molar-refractivity contribution in [3.05, 3.63) is 24.3 Å². The summed E-state index contributed by atoms with van der Waals surface area (Å²) >= 11 is 0. The van der Waals surface area contributed by atoms with E-state index in [1.54, 1.807) is 6.21 Å². The van der Waals surface area contributed by atoms with Gasteiger partial charge in [0.15, 0.2) is 0 Å². The fourth-order valence-corrected chi connectivity index (χ4v) is 0.391. The zero-order valence-electron chi connectivity index (χ0n) is 6.04. The highest BCUT2D eigenvalue weighted by Crippen LogP contribution is 1.73. The number of aliphatic imine (C=N–C) groups is 1. The Morgan fingerprint density at radius 1 is 1.22 bits per heavy atom. The summed E-state index contributed by atoms with van der Waals surface area (Å²) in [6.45, 7) is 4.86. The molecule has 0 fully saturated rings. The monoisotopic (exact) mass is 123 g/mol. The Bertz CT molecular complexity index is 121. The normalized spacial score (nSPS) is 12.7. The van der Waals surface area contributed by atoms with Gasteiger partial charge in [-0.3, -0.25) is 4.99 Å². The van der Waals surface area contributed by atoms with Gasteiger partial charge in [-0.15, -0.1) is 0 Å². The number of nitrogens with zero attached hydrogens (tertiary/aromatic N) is 1. The second kappa shape index (κ2) is 7.15.